The topological polar surface area (TPSA) is 67.2 Å². The molecule has 2 amide bonds. The summed E-state index contributed by atoms with van der Waals surface area (Å²) in [6.45, 7) is -0.243. The largest absolute Gasteiger partial charge is 0.331 e. The number of para-hydroxylation sites is 2. The summed E-state index contributed by atoms with van der Waals surface area (Å²) in [5.41, 5.74) is 0.574. The van der Waals surface area contributed by atoms with Crippen molar-refractivity contribution in [1.82, 2.24) is 14.7 Å². The summed E-state index contributed by atoms with van der Waals surface area (Å²) in [6.07, 6.45) is 1.48. The Balaban J connectivity index is 1.68. The summed E-state index contributed by atoms with van der Waals surface area (Å²) in [5.74, 6) is -1.43. The summed E-state index contributed by atoms with van der Waals surface area (Å²) in [5, 5.41) is 7.26. The molecular weight excluding hydrogens is 406 g/mol. The third-order valence-corrected chi connectivity index (χ3v) is 4.49. The number of hydrogen-bond donors (Lipinski definition) is 1. The second kappa shape index (κ2) is 8.41. The summed E-state index contributed by atoms with van der Waals surface area (Å²) >= 11 is 12.0. The Bertz CT molecular complexity index is 1020. The van der Waals surface area contributed by atoms with Crippen molar-refractivity contribution >= 4 is 40.7 Å². The Labute approximate surface area is 170 Å². The van der Waals surface area contributed by atoms with Crippen LogP contribution in [0.3, 0.4) is 0 Å². The maximum atomic E-state index is 13.9. The van der Waals surface area contributed by atoms with E-state index in [0.717, 1.165) is 0 Å². The molecule has 0 saturated carbocycles. The average molecular weight is 421 g/mol. The number of aromatic nitrogens is 2. The van der Waals surface area contributed by atoms with Gasteiger partial charge in [0.05, 0.1) is 22.3 Å². The first-order valence-electron chi connectivity index (χ1n) is 8.16. The van der Waals surface area contributed by atoms with Crippen molar-refractivity contribution in [3.63, 3.8) is 0 Å². The predicted molar refractivity (Wildman–Crippen MR) is 106 cm³/mol. The van der Waals surface area contributed by atoms with Gasteiger partial charge in [-0.05, 0) is 30.3 Å². The molecule has 0 saturated heterocycles. The van der Waals surface area contributed by atoms with Crippen LogP contribution in [0.5, 0.6) is 0 Å². The van der Waals surface area contributed by atoms with Crippen molar-refractivity contribution in [2.45, 2.75) is 0 Å². The van der Waals surface area contributed by atoms with Crippen LogP contribution in [0.4, 0.5) is 10.1 Å². The molecule has 0 aliphatic heterocycles. The molecule has 6 nitrogen and oxygen atoms in total. The van der Waals surface area contributed by atoms with Crippen LogP contribution in [0.1, 0.15) is 10.5 Å². The Kier molecular flexibility index (Phi) is 5.96. The van der Waals surface area contributed by atoms with E-state index in [1.807, 2.05) is 0 Å². The molecular formula is C19H15Cl2FN4O2. The molecule has 2 aromatic carbocycles. The summed E-state index contributed by atoms with van der Waals surface area (Å²) < 4.78 is 15.1. The van der Waals surface area contributed by atoms with Gasteiger partial charge >= 0.3 is 0 Å². The maximum Gasteiger partial charge on any atom is 0.274 e. The van der Waals surface area contributed by atoms with Crippen molar-refractivity contribution < 1.29 is 14.0 Å². The molecule has 0 aliphatic carbocycles. The molecule has 0 fully saturated rings. The van der Waals surface area contributed by atoms with E-state index >= 15 is 0 Å². The zero-order valence-corrected chi connectivity index (χ0v) is 16.2. The normalized spacial score (nSPS) is 10.6. The molecule has 0 spiro atoms. The molecule has 0 bridgehead atoms. The molecule has 3 aromatic rings. The molecule has 0 aliphatic rings. The molecule has 3 rings (SSSR count). The average Bonchev–Trinajstić information content (AvgIpc) is 3.14. The monoisotopic (exact) mass is 420 g/mol. The smallest absolute Gasteiger partial charge is 0.274 e. The zero-order chi connectivity index (χ0) is 20.3. The molecule has 0 atom stereocenters. The van der Waals surface area contributed by atoms with E-state index in [1.165, 1.54) is 35.0 Å². The van der Waals surface area contributed by atoms with Crippen LogP contribution in [0.25, 0.3) is 5.69 Å². The van der Waals surface area contributed by atoms with Crippen molar-refractivity contribution in [2.75, 3.05) is 18.9 Å². The van der Waals surface area contributed by atoms with E-state index in [0.29, 0.717) is 10.0 Å². The lowest BCUT2D eigenvalue weighted by Crippen LogP contribution is -2.35. The number of likely N-dealkylation sites (N-methyl/N-ethyl adjacent to an activating group) is 1. The van der Waals surface area contributed by atoms with Gasteiger partial charge in [-0.25, -0.2) is 9.07 Å². The number of carbonyl (C=O) groups excluding carboxylic acids is 2. The van der Waals surface area contributed by atoms with Gasteiger partial charge in [0.25, 0.3) is 5.91 Å². The van der Waals surface area contributed by atoms with Gasteiger partial charge < -0.3 is 10.2 Å². The quantitative estimate of drug-likeness (QED) is 0.677. The Morgan fingerprint density at radius 1 is 1.11 bits per heavy atom. The molecule has 1 heterocycles. The third-order valence-electron chi connectivity index (χ3n) is 3.86. The van der Waals surface area contributed by atoms with Crippen molar-refractivity contribution in [3.05, 3.63) is 76.3 Å². The lowest BCUT2D eigenvalue weighted by atomic mass is 10.3. The number of halogens is 3. The van der Waals surface area contributed by atoms with Crippen molar-refractivity contribution in [3.8, 4) is 5.69 Å². The summed E-state index contributed by atoms with van der Waals surface area (Å²) in [6, 6.07) is 12.4. The SMILES string of the molecule is CN(CC(=O)Nc1c(Cl)cccc1Cl)C(=O)c1ccn(-c2ccccc2F)n1. The van der Waals surface area contributed by atoms with Crippen LogP contribution in [-0.2, 0) is 4.79 Å². The number of amides is 2. The van der Waals surface area contributed by atoms with Gasteiger partial charge in [0, 0.05) is 13.2 Å². The highest BCUT2D eigenvalue weighted by atomic mass is 35.5. The molecule has 1 aromatic heterocycles. The first kappa shape index (κ1) is 19.9. The molecule has 0 radical (unpaired) electrons. The standard InChI is InChI=1S/C19H15Cl2FN4O2/c1-25(11-17(27)23-18-12(20)5-4-6-13(18)21)19(28)15-9-10-26(24-15)16-8-3-2-7-14(16)22/h2-10H,11H2,1H3,(H,23,27). The van der Waals surface area contributed by atoms with E-state index < -0.39 is 17.6 Å². The predicted octanol–water partition coefficient (Wildman–Crippen LogP) is 4.03. The van der Waals surface area contributed by atoms with Gasteiger partial charge in [0.15, 0.2) is 5.69 Å². The van der Waals surface area contributed by atoms with E-state index in [-0.39, 0.29) is 23.6 Å². The second-order valence-corrected chi connectivity index (χ2v) is 6.72. The van der Waals surface area contributed by atoms with Gasteiger partial charge in [-0.2, -0.15) is 5.10 Å². The number of benzene rings is 2. The fourth-order valence-corrected chi connectivity index (χ4v) is 2.98. The fourth-order valence-electron chi connectivity index (χ4n) is 2.49. The lowest BCUT2D eigenvalue weighted by Gasteiger charge is -2.16. The minimum Gasteiger partial charge on any atom is -0.331 e. The number of hydrogen-bond acceptors (Lipinski definition) is 3. The van der Waals surface area contributed by atoms with Crippen molar-refractivity contribution in [2.24, 2.45) is 0 Å². The van der Waals surface area contributed by atoms with Gasteiger partial charge in [-0.15, -0.1) is 0 Å². The molecule has 144 valence electrons. The van der Waals surface area contributed by atoms with Crippen LogP contribution in [-0.4, -0.2) is 40.1 Å². The zero-order valence-electron chi connectivity index (χ0n) is 14.7. The first-order valence-corrected chi connectivity index (χ1v) is 8.92. The van der Waals surface area contributed by atoms with Gasteiger partial charge in [-0.3, -0.25) is 9.59 Å². The third kappa shape index (κ3) is 4.32. The number of carbonyl (C=O) groups is 2. The van der Waals surface area contributed by atoms with Crippen LogP contribution in [0.2, 0.25) is 10.0 Å². The highest BCUT2D eigenvalue weighted by Gasteiger charge is 2.19. The van der Waals surface area contributed by atoms with E-state index in [1.54, 1.807) is 36.4 Å². The summed E-state index contributed by atoms with van der Waals surface area (Å²) in [7, 11) is 1.46. The first-order chi connectivity index (χ1) is 13.4. The molecule has 28 heavy (non-hydrogen) atoms. The van der Waals surface area contributed by atoms with Crippen molar-refractivity contribution in [1.29, 1.82) is 0 Å². The minimum atomic E-state index is -0.490. The van der Waals surface area contributed by atoms with Gasteiger partial charge in [0.1, 0.15) is 11.5 Å². The molecule has 0 unspecified atom stereocenters. The van der Waals surface area contributed by atoms with Crippen LogP contribution in [0, 0.1) is 5.82 Å². The Hall–Kier alpha value is -2.90. The number of rotatable bonds is 5. The van der Waals surface area contributed by atoms with Crippen LogP contribution < -0.4 is 5.32 Å². The van der Waals surface area contributed by atoms with E-state index in [4.69, 9.17) is 23.2 Å². The highest BCUT2D eigenvalue weighted by molar-refractivity contribution is 6.39. The highest BCUT2D eigenvalue weighted by Crippen LogP contribution is 2.29. The van der Waals surface area contributed by atoms with Crippen LogP contribution >= 0.6 is 23.2 Å². The molecule has 1 N–H and O–H groups in total. The fraction of sp³-hybridized carbons (Fsp3) is 0.105. The van der Waals surface area contributed by atoms with Crippen LogP contribution in [0.15, 0.2) is 54.7 Å². The number of nitrogens with zero attached hydrogens (tertiary/aromatic N) is 3. The lowest BCUT2D eigenvalue weighted by molar-refractivity contribution is -0.116. The van der Waals surface area contributed by atoms with E-state index in [2.05, 4.69) is 10.4 Å². The molecule has 9 heteroatoms. The number of anilines is 1. The van der Waals surface area contributed by atoms with E-state index in [9.17, 15) is 14.0 Å². The van der Waals surface area contributed by atoms with Gasteiger partial charge in [0.2, 0.25) is 5.91 Å². The Morgan fingerprint density at radius 3 is 2.46 bits per heavy atom. The second-order valence-electron chi connectivity index (χ2n) is 5.90. The number of nitrogens with one attached hydrogen (secondary N) is 1. The Morgan fingerprint density at radius 2 is 1.79 bits per heavy atom. The summed E-state index contributed by atoms with van der Waals surface area (Å²) in [4.78, 5) is 25.9. The maximum absolute atomic E-state index is 13.9. The van der Waals surface area contributed by atoms with Gasteiger partial charge in [-0.1, -0.05) is 41.4 Å². The minimum absolute atomic E-state index is 0.0781.